The van der Waals surface area contributed by atoms with Crippen LogP contribution in [0.3, 0.4) is 0 Å². The van der Waals surface area contributed by atoms with E-state index in [0.29, 0.717) is 0 Å². The second kappa shape index (κ2) is 4.11. The van der Waals surface area contributed by atoms with Crippen molar-refractivity contribution < 1.29 is 5.11 Å². The number of benzene rings is 1. The summed E-state index contributed by atoms with van der Waals surface area (Å²) in [6.07, 6.45) is 0. The van der Waals surface area contributed by atoms with Gasteiger partial charge in [0.1, 0.15) is 0 Å². The Kier molecular flexibility index (Phi) is 3.08. The Bertz CT molecular complexity index is 194. The normalized spacial score (nSPS) is 12.9. The zero-order valence-electron chi connectivity index (χ0n) is 6.57. The van der Waals surface area contributed by atoms with Gasteiger partial charge in [0.05, 0.1) is 0 Å². The summed E-state index contributed by atoms with van der Waals surface area (Å²) < 4.78 is 0. The summed E-state index contributed by atoms with van der Waals surface area (Å²) in [5.41, 5.74) is 1.07. The molecule has 0 aliphatic rings. The van der Waals surface area contributed by atoms with E-state index in [-0.39, 0.29) is 12.6 Å². The van der Waals surface area contributed by atoms with Crippen LogP contribution in [0.4, 0.5) is 0 Å². The van der Waals surface area contributed by atoms with Crippen molar-refractivity contribution in [2.45, 2.75) is 6.04 Å². The molecule has 0 spiro atoms. The Morgan fingerprint density at radius 1 is 1.36 bits per heavy atom. The minimum Gasteiger partial charge on any atom is -0.657 e. The van der Waals surface area contributed by atoms with Crippen molar-refractivity contribution in [3.8, 4) is 0 Å². The molecule has 2 heteroatoms. The SMILES string of the molecule is C[N-]C(CO)c1ccccc1. The van der Waals surface area contributed by atoms with Gasteiger partial charge in [-0.3, -0.25) is 0 Å². The quantitative estimate of drug-likeness (QED) is 0.699. The Morgan fingerprint density at radius 3 is 2.45 bits per heavy atom. The molecule has 0 bridgehead atoms. The van der Waals surface area contributed by atoms with Gasteiger partial charge in [-0.05, 0) is 0 Å². The third-order valence-electron chi connectivity index (χ3n) is 1.67. The first-order valence-corrected chi connectivity index (χ1v) is 3.63. The molecule has 1 unspecified atom stereocenters. The Morgan fingerprint density at radius 2 is 2.00 bits per heavy atom. The summed E-state index contributed by atoms with van der Waals surface area (Å²) in [6.45, 7) is 0.0838. The predicted octanol–water partition coefficient (Wildman–Crippen LogP) is 1.72. The number of aliphatic hydroxyl groups excluding tert-OH is 1. The monoisotopic (exact) mass is 150 g/mol. The minimum atomic E-state index is -0.0591. The number of rotatable bonds is 3. The molecule has 0 heterocycles. The Hall–Kier alpha value is -0.860. The van der Waals surface area contributed by atoms with Crippen molar-refractivity contribution in [2.24, 2.45) is 0 Å². The molecule has 0 saturated carbocycles. The average Bonchev–Trinajstić information content (AvgIpc) is 2.09. The Labute approximate surface area is 66.9 Å². The molecule has 0 aliphatic carbocycles. The van der Waals surface area contributed by atoms with Gasteiger partial charge in [-0.15, -0.1) is 0 Å². The number of nitrogens with zero attached hydrogens (tertiary/aromatic N) is 1. The lowest BCUT2D eigenvalue weighted by atomic mass is 10.1. The molecule has 1 N–H and O–H groups in total. The van der Waals surface area contributed by atoms with E-state index in [2.05, 4.69) is 5.32 Å². The van der Waals surface area contributed by atoms with Crippen LogP contribution in [0.2, 0.25) is 0 Å². The third kappa shape index (κ3) is 2.03. The van der Waals surface area contributed by atoms with Crippen LogP contribution < -0.4 is 0 Å². The van der Waals surface area contributed by atoms with Crippen LogP contribution in [0.15, 0.2) is 30.3 Å². The molecule has 60 valence electrons. The highest BCUT2D eigenvalue weighted by Gasteiger charge is 1.95. The summed E-state index contributed by atoms with van der Waals surface area (Å²) in [7, 11) is 1.72. The van der Waals surface area contributed by atoms with Crippen molar-refractivity contribution in [1.82, 2.24) is 0 Å². The fourth-order valence-electron chi connectivity index (χ4n) is 1.01. The van der Waals surface area contributed by atoms with Gasteiger partial charge in [-0.1, -0.05) is 41.9 Å². The van der Waals surface area contributed by atoms with Crippen LogP contribution in [0.25, 0.3) is 5.32 Å². The van der Waals surface area contributed by atoms with Crippen molar-refractivity contribution >= 4 is 0 Å². The van der Waals surface area contributed by atoms with Gasteiger partial charge in [-0.25, -0.2) is 0 Å². The second-order valence-electron chi connectivity index (χ2n) is 2.37. The third-order valence-corrected chi connectivity index (χ3v) is 1.67. The molecule has 0 amide bonds. The van der Waals surface area contributed by atoms with Crippen LogP contribution >= 0.6 is 0 Å². The van der Waals surface area contributed by atoms with Gasteiger partial charge < -0.3 is 10.4 Å². The lowest BCUT2D eigenvalue weighted by molar-refractivity contribution is 0.279. The lowest BCUT2D eigenvalue weighted by Crippen LogP contribution is -2.00. The predicted molar refractivity (Wildman–Crippen MR) is 45.6 cm³/mol. The summed E-state index contributed by atoms with van der Waals surface area (Å²) in [5.74, 6) is 0. The smallest absolute Gasteiger partial charge is 0.0310 e. The number of likely N-dealkylation sites (N-methyl/N-ethyl adjacent to an activating group) is 1. The van der Waals surface area contributed by atoms with Gasteiger partial charge in [0.25, 0.3) is 0 Å². The zero-order valence-corrected chi connectivity index (χ0v) is 6.57. The van der Waals surface area contributed by atoms with E-state index in [1.807, 2.05) is 30.3 Å². The van der Waals surface area contributed by atoms with Gasteiger partial charge in [0.2, 0.25) is 0 Å². The van der Waals surface area contributed by atoms with Crippen LogP contribution in [-0.2, 0) is 0 Å². The number of hydrogen-bond acceptors (Lipinski definition) is 1. The molecule has 1 atom stereocenters. The van der Waals surface area contributed by atoms with Crippen LogP contribution in [-0.4, -0.2) is 18.8 Å². The number of aliphatic hydroxyl groups is 1. The molecule has 2 nitrogen and oxygen atoms in total. The van der Waals surface area contributed by atoms with Crippen LogP contribution in [0.5, 0.6) is 0 Å². The molecule has 0 radical (unpaired) electrons. The largest absolute Gasteiger partial charge is 0.657 e. The van der Waals surface area contributed by atoms with Crippen LogP contribution in [0, 0.1) is 0 Å². The molecular formula is C9H12NO-. The number of hydrogen-bond donors (Lipinski definition) is 1. The van der Waals surface area contributed by atoms with Crippen molar-refractivity contribution in [3.63, 3.8) is 0 Å². The van der Waals surface area contributed by atoms with Gasteiger partial charge >= 0.3 is 0 Å². The summed E-state index contributed by atoms with van der Waals surface area (Å²) >= 11 is 0. The standard InChI is InChI=1S/C9H12NO/c1-10-9(7-11)8-5-3-2-4-6-8/h2-6,9,11H,7H2,1H3/q-1. The fraction of sp³-hybridized carbons (Fsp3) is 0.333. The lowest BCUT2D eigenvalue weighted by Gasteiger charge is -2.25. The maximum Gasteiger partial charge on any atom is 0.0310 e. The molecule has 1 rings (SSSR count). The zero-order chi connectivity index (χ0) is 8.10. The highest BCUT2D eigenvalue weighted by Crippen LogP contribution is 2.18. The van der Waals surface area contributed by atoms with E-state index >= 15 is 0 Å². The van der Waals surface area contributed by atoms with E-state index in [0.717, 1.165) is 5.56 Å². The van der Waals surface area contributed by atoms with Gasteiger partial charge in [0.15, 0.2) is 0 Å². The first-order valence-electron chi connectivity index (χ1n) is 3.63. The minimum absolute atomic E-state index is 0.0591. The van der Waals surface area contributed by atoms with Gasteiger partial charge in [0, 0.05) is 6.61 Å². The molecule has 0 aromatic heterocycles. The summed E-state index contributed by atoms with van der Waals surface area (Å²) in [6, 6.07) is 9.72. The molecule has 1 aromatic rings. The fourth-order valence-corrected chi connectivity index (χ4v) is 1.01. The van der Waals surface area contributed by atoms with E-state index in [9.17, 15) is 0 Å². The van der Waals surface area contributed by atoms with E-state index in [1.165, 1.54) is 0 Å². The molecule has 0 saturated heterocycles. The maximum absolute atomic E-state index is 8.89. The molecule has 0 aliphatic heterocycles. The summed E-state index contributed by atoms with van der Waals surface area (Å²) in [4.78, 5) is 0. The average molecular weight is 150 g/mol. The molecular weight excluding hydrogens is 138 g/mol. The van der Waals surface area contributed by atoms with E-state index in [4.69, 9.17) is 5.11 Å². The van der Waals surface area contributed by atoms with Crippen molar-refractivity contribution in [2.75, 3.05) is 13.7 Å². The Balaban J connectivity index is 2.74. The summed E-state index contributed by atoms with van der Waals surface area (Å²) in [5, 5.41) is 12.9. The van der Waals surface area contributed by atoms with E-state index < -0.39 is 0 Å². The van der Waals surface area contributed by atoms with Crippen molar-refractivity contribution in [1.29, 1.82) is 0 Å². The highest BCUT2D eigenvalue weighted by atomic mass is 16.3. The van der Waals surface area contributed by atoms with E-state index in [1.54, 1.807) is 7.05 Å². The topological polar surface area (TPSA) is 34.3 Å². The first kappa shape index (κ1) is 8.24. The van der Waals surface area contributed by atoms with Crippen molar-refractivity contribution in [3.05, 3.63) is 41.2 Å². The second-order valence-corrected chi connectivity index (χ2v) is 2.37. The molecule has 11 heavy (non-hydrogen) atoms. The molecule has 0 fully saturated rings. The molecule has 1 aromatic carbocycles. The van der Waals surface area contributed by atoms with Gasteiger partial charge in [-0.2, -0.15) is 7.05 Å². The highest BCUT2D eigenvalue weighted by molar-refractivity contribution is 5.22. The first-order chi connectivity index (χ1) is 5.38. The maximum atomic E-state index is 8.89. The van der Waals surface area contributed by atoms with Crippen LogP contribution in [0.1, 0.15) is 11.6 Å².